The number of urea groups is 1. The second-order valence-electron chi connectivity index (χ2n) is 6.35. The summed E-state index contributed by atoms with van der Waals surface area (Å²) in [5.74, 6) is -1.21. The normalized spacial score (nSPS) is 25.2. The van der Waals surface area contributed by atoms with Gasteiger partial charge < -0.3 is 10.1 Å². The van der Waals surface area contributed by atoms with Gasteiger partial charge in [-0.15, -0.1) is 0 Å². The van der Waals surface area contributed by atoms with E-state index in [4.69, 9.17) is 4.74 Å². The number of benzene rings is 1. The van der Waals surface area contributed by atoms with Crippen LogP contribution in [0, 0.1) is 5.82 Å². The maximum atomic E-state index is 13.2. The number of hydrogen-bond donors (Lipinski definition) is 1. The van der Waals surface area contributed by atoms with E-state index in [-0.39, 0.29) is 17.1 Å². The highest BCUT2D eigenvalue weighted by Crippen LogP contribution is 2.34. The maximum absolute atomic E-state index is 13.2. The largest absolute Gasteiger partial charge is 0.466 e. The molecule has 1 fully saturated rings. The van der Waals surface area contributed by atoms with Crippen LogP contribution in [0.4, 0.5) is 9.18 Å². The number of nitrogens with zero attached hydrogens (tertiary/aromatic N) is 1. The number of allylic oxidation sites excluding steroid dienone is 1. The average molecular weight is 382 g/mol. The fourth-order valence-electron chi connectivity index (χ4n) is 3.46. The van der Waals surface area contributed by atoms with Gasteiger partial charge in [-0.05, 0) is 31.0 Å². The first-order valence-electron chi connectivity index (χ1n) is 8.08. The van der Waals surface area contributed by atoms with Gasteiger partial charge in [-0.25, -0.2) is 22.4 Å². The molecule has 2 aliphatic rings. The molecular formula is C17H19FN2O5S. The van der Waals surface area contributed by atoms with E-state index in [2.05, 4.69) is 5.32 Å². The third-order valence-electron chi connectivity index (χ3n) is 4.71. The number of methoxy groups -OCH3 is 1. The molecule has 0 bridgehead atoms. The van der Waals surface area contributed by atoms with Crippen molar-refractivity contribution in [1.82, 2.24) is 10.2 Å². The third kappa shape index (κ3) is 3.31. The number of amides is 2. The molecule has 9 heteroatoms. The van der Waals surface area contributed by atoms with Gasteiger partial charge in [0.1, 0.15) is 5.82 Å². The smallest absolute Gasteiger partial charge is 0.337 e. The Balaban J connectivity index is 2.05. The molecule has 2 aliphatic heterocycles. The molecule has 1 N–H and O–H groups in total. The first-order valence-corrected chi connectivity index (χ1v) is 9.90. The molecule has 0 spiro atoms. The number of nitrogens with one attached hydrogen (secondary N) is 1. The SMILES string of the molecule is COC(=O)C1=C(C)N([C@H]2CCS(=O)(=O)C2)C(=O)N[C@H]1c1ccc(F)cc1. The standard InChI is InChI=1S/C17H19FN2O5S/c1-10-14(16(21)25-2)15(11-3-5-12(18)6-4-11)19-17(22)20(10)13-7-8-26(23,24)9-13/h3-6,13,15H,7-9H2,1-2H3,(H,19,22)/t13-,15-/m0/s1. The highest BCUT2D eigenvalue weighted by atomic mass is 32.2. The molecule has 140 valence electrons. The first-order chi connectivity index (χ1) is 12.2. The van der Waals surface area contributed by atoms with E-state index in [1.807, 2.05) is 0 Å². The van der Waals surface area contributed by atoms with Crippen LogP contribution in [-0.4, -0.2) is 50.0 Å². The maximum Gasteiger partial charge on any atom is 0.337 e. The number of carbonyl (C=O) groups is 2. The van der Waals surface area contributed by atoms with E-state index >= 15 is 0 Å². The first kappa shape index (κ1) is 18.4. The molecule has 0 aliphatic carbocycles. The Kier molecular flexibility index (Phi) is 4.74. The molecule has 0 saturated carbocycles. The molecule has 7 nitrogen and oxygen atoms in total. The quantitative estimate of drug-likeness (QED) is 0.801. The van der Waals surface area contributed by atoms with E-state index in [1.54, 1.807) is 6.92 Å². The van der Waals surface area contributed by atoms with Crippen LogP contribution in [0.1, 0.15) is 24.9 Å². The number of halogens is 1. The van der Waals surface area contributed by atoms with Gasteiger partial charge in [-0.1, -0.05) is 12.1 Å². The van der Waals surface area contributed by atoms with E-state index in [9.17, 15) is 22.4 Å². The van der Waals surface area contributed by atoms with Crippen molar-refractivity contribution in [2.45, 2.75) is 25.4 Å². The summed E-state index contributed by atoms with van der Waals surface area (Å²) in [5.41, 5.74) is 1.07. The number of sulfone groups is 1. The summed E-state index contributed by atoms with van der Waals surface area (Å²) in [6.45, 7) is 1.59. The fraction of sp³-hybridized carbons (Fsp3) is 0.412. The molecule has 1 aromatic rings. The summed E-state index contributed by atoms with van der Waals surface area (Å²) in [4.78, 5) is 26.4. The lowest BCUT2D eigenvalue weighted by Crippen LogP contribution is -2.52. The summed E-state index contributed by atoms with van der Waals surface area (Å²) in [7, 11) is -1.98. The minimum Gasteiger partial charge on any atom is -0.466 e. The lowest BCUT2D eigenvalue weighted by Gasteiger charge is -2.38. The molecule has 0 aromatic heterocycles. The fourth-order valence-corrected chi connectivity index (χ4v) is 5.16. The van der Waals surface area contributed by atoms with Gasteiger partial charge in [0.25, 0.3) is 0 Å². The lowest BCUT2D eigenvalue weighted by molar-refractivity contribution is -0.136. The number of esters is 1. The average Bonchev–Trinajstić information content (AvgIpc) is 2.94. The molecular weight excluding hydrogens is 363 g/mol. The van der Waals surface area contributed by atoms with Gasteiger partial charge in [0, 0.05) is 5.70 Å². The lowest BCUT2D eigenvalue weighted by atomic mass is 9.94. The predicted molar refractivity (Wildman–Crippen MR) is 91.3 cm³/mol. The van der Waals surface area contributed by atoms with E-state index in [1.165, 1.54) is 36.3 Å². The Morgan fingerprint density at radius 3 is 2.50 bits per heavy atom. The molecule has 2 amide bonds. The van der Waals surface area contributed by atoms with Crippen molar-refractivity contribution >= 4 is 21.8 Å². The van der Waals surface area contributed by atoms with Crippen LogP contribution >= 0.6 is 0 Å². The molecule has 2 atom stereocenters. The Labute approximate surface area is 150 Å². The zero-order valence-corrected chi connectivity index (χ0v) is 15.2. The second-order valence-corrected chi connectivity index (χ2v) is 8.58. The monoisotopic (exact) mass is 382 g/mol. The Bertz CT molecular complexity index is 879. The number of rotatable bonds is 3. The van der Waals surface area contributed by atoms with E-state index in [0.717, 1.165) is 0 Å². The van der Waals surface area contributed by atoms with E-state index in [0.29, 0.717) is 17.7 Å². The Morgan fingerprint density at radius 2 is 1.96 bits per heavy atom. The van der Waals surface area contributed by atoms with Crippen molar-refractivity contribution < 1.29 is 27.1 Å². The highest BCUT2D eigenvalue weighted by molar-refractivity contribution is 7.91. The summed E-state index contributed by atoms with van der Waals surface area (Å²) >= 11 is 0. The highest BCUT2D eigenvalue weighted by Gasteiger charge is 2.42. The van der Waals surface area contributed by atoms with Crippen LogP contribution in [0.15, 0.2) is 35.5 Å². The zero-order chi connectivity index (χ0) is 19.1. The van der Waals surface area contributed by atoms with Crippen molar-refractivity contribution in [3.63, 3.8) is 0 Å². The van der Waals surface area contributed by atoms with Gasteiger partial charge in [0.15, 0.2) is 9.84 Å². The van der Waals surface area contributed by atoms with Crippen LogP contribution in [0.2, 0.25) is 0 Å². The van der Waals surface area contributed by atoms with Gasteiger partial charge >= 0.3 is 12.0 Å². The molecule has 0 unspecified atom stereocenters. The topological polar surface area (TPSA) is 92.8 Å². The molecule has 1 aromatic carbocycles. The van der Waals surface area contributed by atoms with Gasteiger partial charge in [-0.3, -0.25) is 4.90 Å². The summed E-state index contributed by atoms with van der Waals surface area (Å²) in [6.07, 6.45) is 0.308. The van der Waals surface area contributed by atoms with Crippen molar-refractivity contribution in [2.75, 3.05) is 18.6 Å². The minimum absolute atomic E-state index is 0.00365. The molecule has 0 radical (unpaired) electrons. The van der Waals surface area contributed by atoms with Gasteiger partial charge in [-0.2, -0.15) is 0 Å². The van der Waals surface area contributed by atoms with Crippen molar-refractivity contribution in [1.29, 1.82) is 0 Å². The second kappa shape index (κ2) is 6.71. The van der Waals surface area contributed by atoms with Gasteiger partial charge in [0.05, 0.1) is 36.3 Å². The van der Waals surface area contributed by atoms with Gasteiger partial charge in [0.2, 0.25) is 0 Å². The zero-order valence-electron chi connectivity index (χ0n) is 14.4. The minimum atomic E-state index is -3.21. The molecule has 3 rings (SSSR count). The molecule has 26 heavy (non-hydrogen) atoms. The predicted octanol–water partition coefficient (Wildman–Crippen LogP) is 1.53. The number of carbonyl (C=O) groups excluding carboxylic acids is 2. The number of ether oxygens (including phenoxy) is 1. The van der Waals surface area contributed by atoms with Crippen LogP contribution < -0.4 is 5.32 Å². The summed E-state index contributed by atoms with van der Waals surface area (Å²) in [6, 6.07) is 3.60. The summed E-state index contributed by atoms with van der Waals surface area (Å²) < 4.78 is 41.6. The molecule has 1 saturated heterocycles. The van der Waals surface area contributed by atoms with Crippen LogP contribution in [0.25, 0.3) is 0 Å². The Morgan fingerprint density at radius 1 is 1.31 bits per heavy atom. The van der Waals surface area contributed by atoms with E-state index < -0.39 is 39.7 Å². The van der Waals surface area contributed by atoms with Crippen LogP contribution in [0.3, 0.4) is 0 Å². The van der Waals surface area contributed by atoms with Crippen molar-refractivity contribution in [2.24, 2.45) is 0 Å². The third-order valence-corrected chi connectivity index (χ3v) is 6.46. The summed E-state index contributed by atoms with van der Waals surface area (Å²) in [5, 5.41) is 2.71. The van der Waals surface area contributed by atoms with Crippen molar-refractivity contribution in [3.05, 3.63) is 46.9 Å². The Hall–Kier alpha value is -2.42. The molecule has 2 heterocycles. The van der Waals surface area contributed by atoms with Crippen molar-refractivity contribution in [3.8, 4) is 0 Å². The number of hydrogen-bond acceptors (Lipinski definition) is 5. The van der Waals surface area contributed by atoms with Crippen LogP contribution in [-0.2, 0) is 19.4 Å². The van der Waals surface area contributed by atoms with Crippen LogP contribution in [0.5, 0.6) is 0 Å².